The van der Waals surface area contributed by atoms with Gasteiger partial charge in [-0.15, -0.1) is 24.0 Å². The first-order valence-corrected chi connectivity index (χ1v) is 8.61. The lowest BCUT2D eigenvalue weighted by molar-refractivity contribution is 0.311. The first-order valence-electron chi connectivity index (χ1n) is 8.61. The number of nitrogens with one attached hydrogen (secondary N) is 2. The van der Waals surface area contributed by atoms with Crippen molar-refractivity contribution in [2.75, 3.05) is 39.7 Å². The quantitative estimate of drug-likeness (QED) is 0.337. The predicted octanol–water partition coefficient (Wildman–Crippen LogP) is 3.95. The van der Waals surface area contributed by atoms with Gasteiger partial charge < -0.3 is 24.8 Å². The topological polar surface area (TPSA) is 64.1 Å². The summed E-state index contributed by atoms with van der Waals surface area (Å²) >= 11 is 0. The van der Waals surface area contributed by atoms with Crippen LogP contribution in [0.5, 0.6) is 17.2 Å². The number of rotatable bonds is 8. The molecule has 2 aromatic carbocycles. The molecule has 6 nitrogen and oxygen atoms in total. The highest BCUT2D eigenvalue weighted by Crippen LogP contribution is 2.30. The number of aliphatic imine (C=N–C) groups is 1. The Labute approximate surface area is 178 Å². The molecule has 0 bridgehead atoms. The SMILES string of the molecule is CCOc1ccc(NC(=NC)NCCc2ccc(OC)cc2)cc1OC.I. The summed E-state index contributed by atoms with van der Waals surface area (Å²) in [5, 5.41) is 6.57. The van der Waals surface area contributed by atoms with E-state index >= 15 is 0 Å². The van der Waals surface area contributed by atoms with Gasteiger partial charge in [0, 0.05) is 25.3 Å². The lowest BCUT2D eigenvalue weighted by Gasteiger charge is -2.14. The summed E-state index contributed by atoms with van der Waals surface area (Å²) in [7, 11) is 5.04. The smallest absolute Gasteiger partial charge is 0.195 e. The van der Waals surface area contributed by atoms with Gasteiger partial charge in [-0.3, -0.25) is 4.99 Å². The van der Waals surface area contributed by atoms with Crippen LogP contribution in [0.15, 0.2) is 47.5 Å². The second-order valence-electron chi connectivity index (χ2n) is 5.52. The third kappa shape index (κ3) is 7.16. The molecule has 2 rings (SSSR count). The van der Waals surface area contributed by atoms with Crippen LogP contribution in [0.1, 0.15) is 12.5 Å². The van der Waals surface area contributed by atoms with Crippen molar-refractivity contribution >= 4 is 35.6 Å². The summed E-state index contributed by atoms with van der Waals surface area (Å²) < 4.78 is 16.1. The van der Waals surface area contributed by atoms with E-state index < -0.39 is 0 Å². The van der Waals surface area contributed by atoms with E-state index in [1.165, 1.54) is 5.56 Å². The molecule has 7 heteroatoms. The first kappa shape index (κ1) is 22.9. The fraction of sp³-hybridized carbons (Fsp3) is 0.350. The maximum atomic E-state index is 5.54. The Kier molecular flexibility index (Phi) is 10.4. The summed E-state index contributed by atoms with van der Waals surface area (Å²) in [6, 6.07) is 13.8. The fourth-order valence-electron chi connectivity index (χ4n) is 2.45. The minimum atomic E-state index is 0. The van der Waals surface area contributed by atoms with Crippen molar-refractivity contribution in [3.63, 3.8) is 0 Å². The van der Waals surface area contributed by atoms with Crippen molar-refractivity contribution in [1.82, 2.24) is 5.32 Å². The number of hydrogen-bond donors (Lipinski definition) is 2. The van der Waals surface area contributed by atoms with E-state index in [2.05, 4.69) is 27.8 Å². The molecule has 0 unspecified atom stereocenters. The molecular weight excluding hydrogens is 457 g/mol. The van der Waals surface area contributed by atoms with E-state index in [0.29, 0.717) is 18.3 Å². The van der Waals surface area contributed by atoms with Gasteiger partial charge in [0.15, 0.2) is 17.5 Å². The Morgan fingerprint density at radius 2 is 1.74 bits per heavy atom. The van der Waals surface area contributed by atoms with Crippen LogP contribution in [0, 0.1) is 0 Å². The van der Waals surface area contributed by atoms with Crippen molar-refractivity contribution in [3.05, 3.63) is 48.0 Å². The highest BCUT2D eigenvalue weighted by Gasteiger charge is 2.07. The molecule has 27 heavy (non-hydrogen) atoms. The van der Waals surface area contributed by atoms with Crippen molar-refractivity contribution in [2.24, 2.45) is 4.99 Å². The van der Waals surface area contributed by atoms with Crippen LogP contribution in [0.25, 0.3) is 0 Å². The van der Waals surface area contributed by atoms with Gasteiger partial charge in [-0.1, -0.05) is 12.1 Å². The normalized spacial score (nSPS) is 10.6. The molecule has 0 aliphatic heterocycles. The molecule has 0 heterocycles. The number of methoxy groups -OCH3 is 2. The Hall–Kier alpha value is -2.16. The number of benzene rings is 2. The van der Waals surface area contributed by atoms with E-state index in [-0.39, 0.29) is 24.0 Å². The highest BCUT2D eigenvalue weighted by atomic mass is 127. The molecule has 0 saturated heterocycles. The second-order valence-corrected chi connectivity index (χ2v) is 5.52. The highest BCUT2D eigenvalue weighted by molar-refractivity contribution is 14.0. The largest absolute Gasteiger partial charge is 0.497 e. The fourth-order valence-corrected chi connectivity index (χ4v) is 2.45. The molecule has 0 atom stereocenters. The number of anilines is 1. The average Bonchev–Trinajstić information content (AvgIpc) is 2.68. The Balaban J connectivity index is 0.00000364. The lowest BCUT2D eigenvalue weighted by Crippen LogP contribution is -2.32. The third-order valence-electron chi connectivity index (χ3n) is 3.81. The van der Waals surface area contributed by atoms with Crippen LogP contribution in [-0.2, 0) is 6.42 Å². The van der Waals surface area contributed by atoms with Crippen LogP contribution < -0.4 is 24.8 Å². The number of nitrogens with zero attached hydrogens (tertiary/aromatic N) is 1. The van der Waals surface area contributed by atoms with Gasteiger partial charge >= 0.3 is 0 Å². The molecule has 148 valence electrons. The summed E-state index contributed by atoms with van der Waals surface area (Å²) in [6.07, 6.45) is 0.886. The minimum absolute atomic E-state index is 0. The number of guanidine groups is 1. The van der Waals surface area contributed by atoms with Gasteiger partial charge in [-0.2, -0.15) is 0 Å². The van der Waals surface area contributed by atoms with Crippen LogP contribution in [0.2, 0.25) is 0 Å². The molecule has 0 spiro atoms. The summed E-state index contributed by atoms with van der Waals surface area (Å²) in [4.78, 5) is 4.26. The summed E-state index contributed by atoms with van der Waals surface area (Å²) in [6.45, 7) is 3.30. The monoisotopic (exact) mass is 485 g/mol. The van der Waals surface area contributed by atoms with E-state index in [4.69, 9.17) is 14.2 Å². The maximum absolute atomic E-state index is 5.54. The third-order valence-corrected chi connectivity index (χ3v) is 3.81. The van der Waals surface area contributed by atoms with Crippen LogP contribution >= 0.6 is 24.0 Å². The Morgan fingerprint density at radius 1 is 1.00 bits per heavy atom. The van der Waals surface area contributed by atoms with E-state index in [1.807, 2.05) is 37.3 Å². The molecule has 2 N–H and O–H groups in total. The van der Waals surface area contributed by atoms with Gasteiger partial charge in [0.2, 0.25) is 0 Å². The average molecular weight is 485 g/mol. The van der Waals surface area contributed by atoms with Crippen molar-refractivity contribution in [2.45, 2.75) is 13.3 Å². The van der Waals surface area contributed by atoms with Gasteiger partial charge in [0.25, 0.3) is 0 Å². The lowest BCUT2D eigenvalue weighted by atomic mass is 10.1. The van der Waals surface area contributed by atoms with Gasteiger partial charge in [-0.25, -0.2) is 0 Å². The van der Waals surface area contributed by atoms with Crippen molar-refractivity contribution in [1.29, 1.82) is 0 Å². The molecule has 0 aromatic heterocycles. The number of hydrogen-bond acceptors (Lipinski definition) is 4. The van der Waals surface area contributed by atoms with Crippen molar-refractivity contribution in [3.8, 4) is 17.2 Å². The molecule has 0 radical (unpaired) electrons. The molecular formula is C20H28IN3O3. The number of ether oxygens (including phenoxy) is 3. The standard InChI is InChI=1S/C20H27N3O3.HI/c1-5-26-18-11-8-16(14-19(18)25-4)23-20(21-2)22-13-12-15-6-9-17(24-3)10-7-15;/h6-11,14H,5,12-13H2,1-4H3,(H2,21,22,23);1H. The molecule has 0 fully saturated rings. The second kappa shape index (κ2) is 12.3. The summed E-state index contributed by atoms with van der Waals surface area (Å²) in [5.74, 6) is 2.97. The molecule has 0 aliphatic carbocycles. The molecule has 0 aliphatic rings. The van der Waals surface area contributed by atoms with Crippen LogP contribution in [-0.4, -0.2) is 40.4 Å². The Morgan fingerprint density at radius 3 is 2.33 bits per heavy atom. The van der Waals surface area contributed by atoms with Gasteiger partial charge in [0.1, 0.15) is 5.75 Å². The van der Waals surface area contributed by atoms with E-state index in [0.717, 1.165) is 30.2 Å². The zero-order valence-corrected chi connectivity index (χ0v) is 18.6. The Bertz CT molecular complexity index is 721. The molecule has 0 saturated carbocycles. The predicted molar refractivity (Wildman–Crippen MR) is 121 cm³/mol. The van der Waals surface area contributed by atoms with E-state index in [9.17, 15) is 0 Å². The van der Waals surface area contributed by atoms with Gasteiger partial charge in [-0.05, 0) is 43.2 Å². The van der Waals surface area contributed by atoms with Crippen LogP contribution in [0.4, 0.5) is 5.69 Å². The molecule has 0 amide bonds. The molecule has 2 aromatic rings. The zero-order valence-electron chi connectivity index (χ0n) is 16.2. The number of halogens is 1. The van der Waals surface area contributed by atoms with Crippen LogP contribution in [0.3, 0.4) is 0 Å². The van der Waals surface area contributed by atoms with Gasteiger partial charge in [0.05, 0.1) is 20.8 Å². The van der Waals surface area contributed by atoms with Crippen molar-refractivity contribution < 1.29 is 14.2 Å². The van der Waals surface area contributed by atoms with E-state index in [1.54, 1.807) is 21.3 Å². The summed E-state index contributed by atoms with van der Waals surface area (Å²) in [5.41, 5.74) is 2.11. The minimum Gasteiger partial charge on any atom is -0.497 e. The maximum Gasteiger partial charge on any atom is 0.195 e. The first-order chi connectivity index (χ1) is 12.7. The zero-order chi connectivity index (χ0) is 18.8.